The van der Waals surface area contributed by atoms with Crippen LogP contribution in [-0.2, 0) is 59.3 Å². The van der Waals surface area contributed by atoms with Gasteiger partial charge in [-0.25, -0.2) is 24.4 Å². The molecule has 2 aromatic carbocycles. The Kier molecular flexibility index (Phi) is 28.7. The Bertz CT molecular complexity index is 2470. The quantitative estimate of drug-likeness (QED) is 0.0339. The maximum Gasteiger partial charge on any atom is 0.411 e. The third kappa shape index (κ3) is 22.3. The van der Waals surface area contributed by atoms with E-state index in [1.165, 1.54) is 0 Å². The van der Waals surface area contributed by atoms with E-state index in [1.807, 2.05) is 43.3 Å². The normalized spacial score (nSPS) is 13.9. The number of nitrogens with zero attached hydrogens (tertiary/aromatic N) is 6. The molecule has 7 amide bonds. The van der Waals surface area contributed by atoms with E-state index in [9.17, 15) is 33.6 Å². The predicted octanol–water partition coefficient (Wildman–Crippen LogP) is 5.37. The Morgan fingerprint density at radius 1 is 0.654 bits per heavy atom. The molecule has 78 heavy (non-hydrogen) atoms. The van der Waals surface area contributed by atoms with Gasteiger partial charge in [-0.05, 0) is 105 Å². The van der Waals surface area contributed by atoms with Crippen molar-refractivity contribution >= 4 is 65.7 Å². The molecule has 2 fully saturated rings. The zero-order chi connectivity index (χ0) is 56.9. The van der Waals surface area contributed by atoms with Gasteiger partial charge in [0.15, 0.2) is 0 Å². The molecule has 2 aliphatic rings. The second-order valence-electron chi connectivity index (χ2n) is 18.5. The van der Waals surface area contributed by atoms with Crippen LogP contribution >= 0.6 is 12.4 Å². The first-order valence-electron chi connectivity index (χ1n) is 24.9. The fourth-order valence-electron chi connectivity index (χ4n) is 7.80. The minimum absolute atomic E-state index is 0. The maximum absolute atomic E-state index is 13.3. The minimum atomic E-state index is -1.04. The van der Waals surface area contributed by atoms with Gasteiger partial charge in [-0.3, -0.25) is 29.8 Å². The second kappa shape index (κ2) is 33.9. The van der Waals surface area contributed by atoms with Gasteiger partial charge in [0.2, 0.25) is 23.6 Å². The van der Waals surface area contributed by atoms with Crippen LogP contribution in [0.4, 0.5) is 25.8 Å². The topological polar surface area (TPSA) is 390 Å². The van der Waals surface area contributed by atoms with Gasteiger partial charge < -0.3 is 60.8 Å². The van der Waals surface area contributed by atoms with Crippen molar-refractivity contribution < 1.29 is 52.9 Å². The molecule has 2 aromatic heterocycles. The molecule has 0 bridgehead atoms. The predicted molar refractivity (Wildman–Crippen MR) is 288 cm³/mol. The van der Waals surface area contributed by atoms with Crippen LogP contribution in [0.15, 0.2) is 83.8 Å². The highest BCUT2D eigenvalue weighted by Crippen LogP contribution is 2.34. The number of imidazole rings is 2. The van der Waals surface area contributed by atoms with Crippen molar-refractivity contribution in [2.45, 2.75) is 91.8 Å². The number of benzene rings is 2. The zero-order valence-electron chi connectivity index (χ0n) is 44.9. The number of hydrogen-bond donors (Lipinski definition) is 11. The third-order valence-electron chi connectivity index (χ3n) is 12.2. The summed E-state index contributed by atoms with van der Waals surface area (Å²) < 4.78 is 16.1. The smallest absolute Gasteiger partial charge is 0.411 e. The van der Waals surface area contributed by atoms with Crippen LogP contribution in [0.5, 0.6) is 0 Å². The third-order valence-corrected chi connectivity index (χ3v) is 12.2. The number of nitrogens with one attached hydrogen (secondary N) is 9. The molecule has 27 nitrogen and oxygen atoms in total. The molecule has 428 valence electrons. The number of ether oxygens (including phenoxy) is 3. The number of carbonyl (C=O) groups excluding carboxylic acids is 7. The van der Waals surface area contributed by atoms with Crippen LogP contribution in [0.3, 0.4) is 0 Å². The number of amides is 7. The molecule has 28 heteroatoms. The monoisotopic (exact) mass is 1110 g/mol. The second-order valence-corrected chi connectivity index (χ2v) is 18.5. The average molecular weight is 1110 g/mol. The molecule has 0 atom stereocenters. The van der Waals surface area contributed by atoms with Crippen LogP contribution < -0.4 is 32.3 Å². The Morgan fingerprint density at radius 2 is 1.04 bits per heavy atom. The first-order valence-corrected chi connectivity index (χ1v) is 24.9. The van der Waals surface area contributed by atoms with Gasteiger partial charge >= 0.3 is 18.3 Å². The summed E-state index contributed by atoms with van der Waals surface area (Å²) in [5, 5.41) is 25.1. The van der Waals surface area contributed by atoms with Crippen molar-refractivity contribution in [3.8, 4) is 0 Å². The van der Waals surface area contributed by atoms with Gasteiger partial charge in [0.25, 0.3) is 0 Å². The van der Waals surface area contributed by atoms with E-state index < -0.39 is 34.7 Å². The Morgan fingerprint density at radius 3 is 1.36 bits per heavy atom. The van der Waals surface area contributed by atoms with E-state index in [2.05, 4.69) is 63.9 Å². The molecular formula is C50H75ClN16O11. The Labute approximate surface area is 459 Å². The van der Waals surface area contributed by atoms with Gasteiger partial charge in [0, 0.05) is 69.5 Å². The van der Waals surface area contributed by atoms with E-state index >= 15 is 0 Å². The SMILES string of the molecule is CCc1ccc(NC(=O)OCC2(C(=O)NCc3ncc[nH]3)CCN(C(=O)CN)CC2)cc1.CCc1ccc(NC(=O)OCC2(C(=O)NCc3ncc[nH]3)CCN(C(=O)CNC(=O)OC(C)(C)C)CC2)cc1.CO.Cl.N=NN=N. The van der Waals surface area contributed by atoms with Gasteiger partial charge in [0.05, 0.1) is 30.5 Å². The molecule has 4 heterocycles. The van der Waals surface area contributed by atoms with E-state index in [1.54, 1.807) is 67.5 Å². The summed E-state index contributed by atoms with van der Waals surface area (Å²) in [7, 11) is 1.00. The van der Waals surface area contributed by atoms with Crippen molar-refractivity contribution in [3.05, 3.63) is 96.1 Å². The highest BCUT2D eigenvalue weighted by molar-refractivity contribution is 5.88. The van der Waals surface area contributed by atoms with E-state index in [0.29, 0.717) is 49.0 Å². The number of aromatic amines is 2. The highest BCUT2D eigenvalue weighted by Gasteiger charge is 2.45. The molecule has 0 aliphatic carbocycles. The van der Waals surface area contributed by atoms with E-state index in [0.717, 1.165) is 31.1 Å². The van der Waals surface area contributed by atoms with Crippen LogP contribution in [0.2, 0.25) is 0 Å². The van der Waals surface area contributed by atoms with Gasteiger partial charge in [0.1, 0.15) is 37.0 Å². The molecular weight excluding hydrogens is 1040 g/mol. The summed E-state index contributed by atoms with van der Waals surface area (Å²) >= 11 is 0. The number of halogens is 1. The van der Waals surface area contributed by atoms with Gasteiger partial charge in [-0.2, -0.15) is 11.1 Å². The highest BCUT2D eigenvalue weighted by atomic mass is 35.5. The maximum atomic E-state index is 13.3. The number of hydrogen-bond acceptors (Lipinski definition) is 16. The lowest BCUT2D eigenvalue weighted by atomic mass is 9.78. The summed E-state index contributed by atoms with van der Waals surface area (Å²) in [6.45, 7) is 10.4. The summed E-state index contributed by atoms with van der Waals surface area (Å²) in [5.74, 6) is 0.224. The number of aliphatic hydroxyl groups excluding tert-OH is 1. The number of piperidine rings is 2. The number of aliphatic hydroxyl groups is 1. The molecule has 6 rings (SSSR count). The van der Waals surface area contributed by atoms with Crippen molar-refractivity contribution in [1.29, 1.82) is 11.1 Å². The fourth-order valence-corrected chi connectivity index (χ4v) is 7.80. The molecule has 0 saturated carbocycles. The molecule has 4 aromatic rings. The Balaban J connectivity index is 0.000000486. The summed E-state index contributed by atoms with van der Waals surface area (Å²) in [6.07, 6.45) is 7.61. The molecule has 0 spiro atoms. The van der Waals surface area contributed by atoms with Crippen LogP contribution in [0.25, 0.3) is 0 Å². The first kappa shape index (κ1) is 66.1. The molecule has 12 N–H and O–H groups in total. The van der Waals surface area contributed by atoms with Crippen LogP contribution in [0.1, 0.15) is 83.1 Å². The summed E-state index contributed by atoms with van der Waals surface area (Å²) in [4.78, 5) is 105. The van der Waals surface area contributed by atoms with Gasteiger partial charge in [-0.1, -0.05) is 38.1 Å². The molecule has 0 radical (unpaired) electrons. The number of carbonyl (C=O) groups is 7. The van der Waals surface area contributed by atoms with Crippen molar-refractivity contribution in [2.75, 3.05) is 70.2 Å². The van der Waals surface area contributed by atoms with Crippen molar-refractivity contribution in [2.24, 2.45) is 27.0 Å². The molecule has 2 saturated heterocycles. The lowest BCUT2D eigenvalue weighted by Crippen LogP contribution is -2.54. The number of rotatable bonds is 18. The number of likely N-dealkylation sites (tertiary alicyclic amines) is 2. The number of anilines is 2. The fraction of sp³-hybridized carbons (Fsp3) is 0.500. The number of aryl methyl sites for hydroxylation is 2. The zero-order valence-corrected chi connectivity index (χ0v) is 45.8. The molecule has 2 aliphatic heterocycles. The number of H-pyrrole nitrogens is 2. The molecule has 0 unspecified atom stereocenters. The standard InChI is InChI=1S/C27H38N6O6.C22H30N6O4.CH4O.ClH.H2N4/c1-5-19-6-8-20(9-7-19)32-25(37)38-18-27(23(35)30-16-21-28-12-13-29-21)10-14-33(15-11-27)22(34)17-31-24(36)39-26(2,3)4;1-2-16-3-5-17(6-4-16)27-21(31)32-15-22(7-11-28(12-8-22)19(29)13-23)20(30)26-14-18-24-9-10-25-18;1-2;;1-3-4-2/h6-9,12-13H,5,10-11,14-18H2,1-4H3,(H,28,29)(H,30,35)(H,31,36)(H,32,37);3-6,9-10H,2,7-8,11-15,23H2,1H3,(H,24,25)(H,26,30)(H,27,31);2H,1H3;1H;1-2H. The lowest BCUT2D eigenvalue weighted by molar-refractivity contribution is -0.142. The minimum Gasteiger partial charge on any atom is -0.448 e. The van der Waals surface area contributed by atoms with E-state index in [4.69, 9.17) is 36.1 Å². The van der Waals surface area contributed by atoms with Gasteiger partial charge in [-0.15, -0.1) is 12.4 Å². The number of aromatic nitrogens is 4. The van der Waals surface area contributed by atoms with Crippen LogP contribution in [-0.4, -0.2) is 142 Å². The number of alkyl carbamates (subject to hydrolysis) is 1. The average Bonchev–Trinajstić information content (AvgIpc) is 4.19. The lowest BCUT2D eigenvalue weighted by Gasteiger charge is -2.40. The van der Waals surface area contributed by atoms with Crippen molar-refractivity contribution in [3.63, 3.8) is 0 Å². The van der Waals surface area contributed by atoms with E-state index in [-0.39, 0.29) is 101 Å². The Hall–Kier alpha value is -8.04. The summed E-state index contributed by atoms with van der Waals surface area (Å²) in [5.41, 5.74) is 17.8. The largest absolute Gasteiger partial charge is 0.448 e. The summed E-state index contributed by atoms with van der Waals surface area (Å²) in [6, 6.07) is 14.9. The first-order chi connectivity index (χ1) is 36.9. The van der Waals surface area contributed by atoms with Crippen LogP contribution in [0, 0.1) is 21.9 Å². The van der Waals surface area contributed by atoms with Crippen molar-refractivity contribution in [1.82, 2.24) is 45.7 Å². The number of nitrogens with two attached hydrogens (primary N) is 1.